The van der Waals surface area contributed by atoms with Crippen LogP contribution in [0.15, 0.2) is 241 Å². The van der Waals surface area contributed by atoms with Crippen molar-refractivity contribution >= 4 is 86.8 Å². The summed E-state index contributed by atoms with van der Waals surface area (Å²) >= 11 is 0. The molecular weight excluding hydrogens is 913 g/mol. The van der Waals surface area contributed by atoms with Crippen LogP contribution in [0.5, 0.6) is 0 Å². The molecular formula is C70H44N4O. The van der Waals surface area contributed by atoms with E-state index in [9.17, 15) is 0 Å². The van der Waals surface area contributed by atoms with Gasteiger partial charge in [-0.1, -0.05) is 194 Å². The van der Waals surface area contributed by atoms with Crippen LogP contribution < -0.4 is 0 Å². The monoisotopic (exact) mass is 956 g/mol. The summed E-state index contributed by atoms with van der Waals surface area (Å²) < 4.78 is 9.81. The van der Waals surface area contributed by atoms with E-state index in [2.05, 4.69) is 241 Å². The Morgan fingerprint density at radius 3 is 1.72 bits per heavy atom. The number of hydrogen-bond acceptors (Lipinski definition) is 4. The highest BCUT2D eigenvalue weighted by molar-refractivity contribution is 6.20. The predicted molar refractivity (Wildman–Crippen MR) is 310 cm³/mol. The van der Waals surface area contributed by atoms with E-state index in [1.807, 2.05) is 0 Å². The lowest BCUT2D eigenvalue weighted by molar-refractivity contribution is 0.650. The van der Waals surface area contributed by atoms with E-state index in [1.165, 1.54) is 43.8 Å². The van der Waals surface area contributed by atoms with Gasteiger partial charge in [-0.05, 0) is 115 Å². The van der Waals surface area contributed by atoms with Crippen LogP contribution in [-0.2, 0) is 6.42 Å². The fraction of sp³-hybridized carbons (Fsp3) is 0.0429. The van der Waals surface area contributed by atoms with Crippen LogP contribution in [0.25, 0.3) is 138 Å². The lowest BCUT2D eigenvalue weighted by Gasteiger charge is -2.21. The van der Waals surface area contributed by atoms with Crippen molar-refractivity contribution in [1.82, 2.24) is 19.5 Å². The summed E-state index contributed by atoms with van der Waals surface area (Å²) in [5.74, 6) is 1.82. The van der Waals surface area contributed by atoms with Gasteiger partial charge in [0.2, 0.25) is 0 Å². The molecule has 5 nitrogen and oxygen atoms in total. The Hall–Kier alpha value is -9.71. The molecule has 3 heterocycles. The molecule has 3 aromatic heterocycles. The maximum Gasteiger partial charge on any atom is 0.164 e. The Labute approximate surface area is 431 Å². The molecule has 16 rings (SSSR count). The molecule has 0 saturated heterocycles. The summed E-state index contributed by atoms with van der Waals surface area (Å²) in [5.41, 5.74) is 14.3. The second-order valence-electron chi connectivity index (χ2n) is 20.1. The summed E-state index contributed by atoms with van der Waals surface area (Å²) in [6.45, 7) is 0. The molecule has 0 aliphatic heterocycles. The van der Waals surface area contributed by atoms with E-state index >= 15 is 0 Å². The van der Waals surface area contributed by atoms with Crippen molar-refractivity contribution in [2.45, 2.75) is 18.8 Å². The maximum atomic E-state index is 7.46. The summed E-state index contributed by atoms with van der Waals surface area (Å²) in [6.07, 6.45) is 1.82. The number of hydrogen-bond donors (Lipinski definition) is 0. The second-order valence-corrected chi connectivity index (χ2v) is 20.1. The van der Waals surface area contributed by atoms with Gasteiger partial charge in [0.15, 0.2) is 17.5 Å². The minimum Gasteiger partial charge on any atom is -0.455 e. The lowest BCUT2D eigenvalue weighted by Crippen LogP contribution is -2.05. The number of fused-ring (bicyclic) bond motifs is 15. The van der Waals surface area contributed by atoms with Crippen molar-refractivity contribution in [1.29, 1.82) is 0 Å². The Morgan fingerprint density at radius 2 is 0.920 bits per heavy atom. The molecule has 0 fully saturated rings. The molecule has 1 aliphatic rings. The van der Waals surface area contributed by atoms with Crippen molar-refractivity contribution < 1.29 is 4.42 Å². The SMILES string of the molecule is c1ccc(-n2c3ccccc3c3c(-c4nc(-c5cccc6ccccc56)nc(-c5ccc(C6CCc7cc8ccccc8cc7-c7c6ccc6ccccc76)c6oc7c8ccccc8ccc7c56)n4)cccc32)cc1. The van der Waals surface area contributed by atoms with Gasteiger partial charge in [-0.15, -0.1) is 0 Å². The minimum absolute atomic E-state index is 0.0168. The van der Waals surface area contributed by atoms with Crippen LogP contribution >= 0.6 is 0 Å². The third-order valence-corrected chi connectivity index (χ3v) is 16.1. The highest BCUT2D eigenvalue weighted by atomic mass is 16.3. The average Bonchev–Trinajstić information content (AvgIpc) is 4.05. The Kier molecular flexibility index (Phi) is 9.16. The van der Waals surface area contributed by atoms with Gasteiger partial charge in [-0.3, -0.25) is 0 Å². The number of benzene rings is 12. The number of furan rings is 1. The van der Waals surface area contributed by atoms with Crippen LogP contribution in [0.3, 0.4) is 0 Å². The summed E-state index contributed by atoms with van der Waals surface area (Å²) in [7, 11) is 0. The van der Waals surface area contributed by atoms with E-state index in [4.69, 9.17) is 19.4 Å². The van der Waals surface area contributed by atoms with Crippen LogP contribution in [0.2, 0.25) is 0 Å². The molecule has 350 valence electrons. The van der Waals surface area contributed by atoms with E-state index in [-0.39, 0.29) is 5.92 Å². The largest absolute Gasteiger partial charge is 0.455 e. The quantitative estimate of drug-likeness (QED) is 0.172. The van der Waals surface area contributed by atoms with Crippen molar-refractivity contribution in [3.63, 3.8) is 0 Å². The number of aromatic nitrogens is 4. The summed E-state index contributed by atoms with van der Waals surface area (Å²) in [6, 6.07) is 85.4. The third kappa shape index (κ3) is 6.41. The van der Waals surface area contributed by atoms with Crippen LogP contribution in [0.1, 0.15) is 29.0 Å². The standard InChI is InChI=1S/C70H44N4O/c1-2-22-48(23-3-1)74-61-30-13-12-27-56(61)64-58(29-15-31-62(64)74)69-71-68(55-28-14-21-42-16-6-9-24-49(42)55)72-70(73-69)59-39-38-54(67-65(59)57-37-33-44-18-8-11-26-51(44)66(57)75-67)52-35-34-47-40-45-19-4-5-20-46(45)41-60(47)63-50-25-10-7-17-43(50)32-36-53(52)63/h1-33,36-41,52H,34-35H2. The molecule has 1 unspecified atom stereocenters. The van der Waals surface area contributed by atoms with Gasteiger partial charge in [0, 0.05) is 60.8 Å². The number of para-hydroxylation sites is 2. The molecule has 5 heteroatoms. The molecule has 75 heavy (non-hydrogen) atoms. The zero-order chi connectivity index (χ0) is 49.1. The highest BCUT2D eigenvalue weighted by Crippen LogP contribution is 2.50. The zero-order valence-electron chi connectivity index (χ0n) is 40.7. The number of nitrogens with zero attached hydrogens (tertiary/aromatic N) is 4. The van der Waals surface area contributed by atoms with Gasteiger partial charge in [-0.2, -0.15) is 0 Å². The fourth-order valence-corrected chi connectivity index (χ4v) is 12.7. The lowest BCUT2D eigenvalue weighted by atomic mass is 9.82. The van der Waals surface area contributed by atoms with E-state index in [1.54, 1.807) is 0 Å². The fourth-order valence-electron chi connectivity index (χ4n) is 12.7. The van der Waals surface area contributed by atoms with E-state index in [0.29, 0.717) is 17.5 Å². The van der Waals surface area contributed by atoms with Gasteiger partial charge in [0.1, 0.15) is 11.2 Å². The summed E-state index contributed by atoms with van der Waals surface area (Å²) in [4.78, 5) is 16.7. The highest BCUT2D eigenvalue weighted by Gasteiger charge is 2.31. The first-order valence-corrected chi connectivity index (χ1v) is 25.9. The predicted octanol–water partition coefficient (Wildman–Crippen LogP) is 18.2. The van der Waals surface area contributed by atoms with Crippen molar-refractivity contribution in [3.8, 4) is 51.0 Å². The minimum atomic E-state index is 0.0168. The molecule has 0 radical (unpaired) electrons. The Balaban J connectivity index is 0.983. The average molecular weight is 957 g/mol. The smallest absolute Gasteiger partial charge is 0.164 e. The van der Waals surface area contributed by atoms with Crippen molar-refractivity contribution in [3.05, 3.63) is 253 Å². The van der Waals surface area contributed by atoms with Crippen molar-refractivity contribution in [2.24, 2.45) is 0 Å². The van der Waals surface area contributed by atoms with Gasteiger partial charge in [0.25, 0.3) is 0 Å². The molecule has 0 bridgehead atoms. The van der Waals surface area contributed by atoms with Crippen LogP contribution in [-0.4, -0.2) is 19.5 Å². The first kappa shape index (κ1) is 41.9. The number of rotatable bonds is 5. The van der Waals surface area contributed by atoms with Gasteiger partial charge < -0.3 is 8.98 Å². The van der Waals surface area contributed by atoms with Gasteiger partial charge in [0.05, 0.1) is 11.0 Å². The van der Waals surface area contributed by atoms with Gasteiger partial charge in [-0.25, -0.2) is 15.0 Å². The molecule has 12 aromatic carbocycles. The Bertz CT molecular complexity index is 4850. The summed E-state index contributed by atoms with van der Waals surface area (Å²) in [5, 5.41) is 13.7. The normalized spacial score (nSPS) is 13.6. The van der Waals surface area contributed by atoms with Crippen molar-refractivity contribution in [2.75, 3.05) is 0 Å². The molecule has 0 amide bonds. The molecule has 1 aliphatic carbocycles. The topological polar surface area (TPSA) is 56.7 Å². The maximum absolute atomic E-state index is 7.46. The van der Waals surface area contributed by atoms with E-state index < -0.39 is 0 Å². The molecule has 0 N–H and O–H groups in total. The molecule has 1 atom stereocenters. The third-order valence-electron chi connectivity index (χ3n) is 16.1. The first-order valence-electron chi connectivity index (χ1n) is 25.9. The van der Waals surface area contributed by atoms with Crippen LogP contribution in [0.4, 0.5) is 0 Å². The second kappa shape index (κ2) is 16.4. The van der Waals surface area contributed by atoms with Gasteiger partial charge >= 0.3 is 0 Å². The zero-order valence-corrected chi connectivity index (χ0v) is 40.7. The van der Waals surface area contributed by atoms with E-state index in [0.717, 1.165) is 106 Å². The Morgan fingerprint density at radius 1 is 0.360 bits per heavy atom. The first-order chi connectivity index (χ1) is 37.2. The van der Waals surface area contributed by atoms with Crippen LogP contribution in [0, 0.1) is 0 Å². The number of aryl methyl sites for hydroxylation is 1. The molecule has 0 spiro atoms. The molecule has 0 saturated carbocycles. The molecule has 15 aromatic rings.